The van der Waals surface area contributed by atoms with Gasteiger partial charge in [0.05, 0.1) is 23.7 Å². The van der Waals surface area contributed by atoms with Crippen molar-refractivity contribution in [1.29, 1.82) is 5.26 Å². The maximum Gasteiger partial charge on any atom is 0.0831 e. The van der Waals surface area contributed by atoms with Crippen LogP contribution in [0.1, 0.15) is 31.0 Å². The fourth-order valence-electron chi connectivity index (χ4n) is 3.71. The van der Waals surface area contributed by atoms with Gasteiger partial charge in [-0.25, -0.2) is 4.68 Å². The molecule has 6 nitrogen and oxygen atoms in total. The Balaban J connectivity index is 1.82. The lowest BCUT2D eigenvalue weighted by Crippen LogP contribution is -2.36. The lowest BCUT2D eigenvalue weighted by Gasteiger charge is -2.25. The summed E-state index contributed by atoms with van der Waals surface area (Å²) < 4.78 is 1.97. The summed E-state index contributed by atoms with van der Waals surface area (Å²) in [6, 6.07) is 11.4. The SMILES string of the molecule is CN(C)[C@@H]1CN(Cc2ccccc2C(C)(C)C#N)C[C@@H]1n1ccnn1. The molecule has 132 valence electrons. The molecule has 1 aromatic heterocycles. The van der Waals surface area contributed by atoms with E-state index in [1.807, 2.05) is 30.8 Å². The van der Waals surface area contributed by atoms with Crippen LogP contribution in [0.3, 0.4) is 0 Å². The lowest BCUT2D eigenvalue weighted by molar-refractivity contribution is 0.237. The van der Waals surface area contributed by atoms with Crippen LogP contribution in [0.25, 0.3) is 0 Å². The Morgan fingerprint density at radius 2 is 2.04 bits per heavy atom. The first-order valence-electron chi connectivity index (χ1n) is 8.66. The summed E-state index contributed by atoms with van der Waals surface area (Å²) >= 11 is 0. The van der Waals surface area contributed by atoms with Gasteiger partial charge in [0.1, 0.15) is 0 Å². The molecule has 0 amide bonds. The van der Waals surface area contributed by atoms with E-state index in [1.54, 1.807) is 6.20 Å². The van der Waals surface area contributed by atoms with E-state index in [4.69, 9.17) is 0 Å². The highest BCUT2D eigenvalue weighted by molar-refractivity contribution is 5.37. The van der Waals surface area contributed by atoms with E-state index in [2.05, 4.69) is 58.5 Å². The highest BCUT2D eigenvalue weighted by Crippen LogP contribution is 2.30. The zero-order chi connectivity index (χ0) is 18.0. The minimum atomic E-state index is -0.484. The molecule has 1 aliphatic heterocycles. The second kappa shape index (κ2) is 6.95. The maximum absolute atomic E-state index is 9.53. The topological polar surface area (TPSA) is 61.0 Å². The summed E-state index contributed by atoms with van der Waals surface area (Å²) in [5.41, 5.74) is 1.86. The van der Waals surface area contributed by atoms with Crippen molar-refractivity contribution in [3.05, 3.63) is 47.8 Å². The summed E-state index contributed by atoms with van der Waals surface area (Å²) in [6.07, 6.45) is 3.68. The first-order chi connectivity index (χ1) is 11.9. The number of hydrogen-bond donors (Lipinski definition) is 0. The van der Waals surface area contributed by atoms with Crippen molar-refractivity contribution in [1.82, 2.24) is 24.8 Å². The molecule has 1 aliphatic rings. The lowest BCUT2D eigenvalue weighted by atomic mass is 9.83. The molecular formula is C19H26N6. The summed E-state index contributed by atoms with van der Waals surface area (Å²) in [5.74, 6) is 0. The van der Waals surface area contributed by atoms with Gasteiger partial charge < -0.3 is 4.90 Å². The van der Waals surface area contributed by atoms with Gasteiger partial charge in [-0.1, -0.05) is 29.5 Å². The number of rotatable bonds is 5. The monoisotopic (exact) mass is 338 g/mol. The van der Waals surface area contributed by atoms with Crippen molar-refractivity contribution in [2.75, 3.05) is 27.2 Å². The first kappa shape index (κ1) is 17.6. The van der Waals surface area contributed by atoms with E-state index >= 15 is 0 Å². The van der Waals surface area contributed by atoms with Gasteiger partial charge in [-0.05, 0) is 39.1 Å². The molecule has 25 heavy (non-hydrogen) atoms. The van der Waals surface area contributed by atoms with Crippen LogP contribution in [0.2, 0.25) is 0 Å². The molecule has 1 fully saturated rings. The third-order valence-corrected chi connectivity index (χ3v) is 5.14. The van der Waals surface area contributed by atoms with Gasteiger partial charge in [-0.15, -0.1) is 5.10 Å². The maximum atomic E-state index is 9.53. The minimum Gasteiger partial charge on any atom is -0.303 e. The van der Waals surface area contributed by atoms with Gasteiger partial charge in [-0.2, -0.15) is 5.26 Å². The third-order valence-electron chi connectivity index (χ3n) is 5.14. The summed E-state index contributed by atoms with van der Waals surface area (Å²) in [4.78, 5) is 4.71. The van der Waals surface area contributed by atoms with Crippen molar-refractivity contribution in [2.24, 2.45) is 0 Å². The number of likely N-dealkylation sites (N-methyl/N-ethyl adjacent to an activating group) is 1. The highest BCUT2D eigenvalue weighted by atomic mass is 15.5. The van der Waals surface area contributed by atoms with Gasteiger partial charge >= 0.3 is 0 Å². The average molecular weight is 338 g/mol. The van der Waals surface area contributed by atoms with Crippen LogP contribution in [0.15, 0.2) is 36.7 Å². The van der Waals surface area contributed by atoms with Crippen molar-refractivity contribution < 1.29 is 0 Å². The van der Waals surface area contributed by atoms with E-state index in [0.29, 0.717) is 6.04 Å². The third kappa shape index (κ3) is 3.58. The molecule has 0 radical (unpaired) electrons. The predicted octanol–water partition coefficient (Wildman–Crippen LogP) is 2.07. The Morgan fingerprint density at radius 3 is 2.68 bits per heavy atom. The molecule has 3 rings (SSSR count). The molecule has 1 saturated heterocycles. The summed E-state index contributed by atoms with van der Waals surface area (Å²) in [7, 11) is 4.23. The van der Waals surface area contributed by atoms with E-state index in [0.717, 1.165) is 25.2 Å². The van der Waals surface area contributed by atoms with Crippen LogP contribution in [0.4, 0.5) is 0 Å². The molecule has 1 aromatic carbocycles. The second-order valence-electron chi connectivity index (χ2n) is 7.57. The molecule has 2 heterocycles. The second-order valence-corrected chi connectivity index (χ2v) is 7.57. The number of aromatic nitrogens is 3. The van der Waals surface area contributed by atoms with Gasteiger partial charge in [0.25, 0.3) is 0 Å². The zero-order valence-electron chi connectivity index (χ0n) is 15.4. The Labute approximate surface area is 149 Å². The van der Waals surface area contributed by atoms with Crippen molar-refractivity contribution in [2.45, 2.75) is 37.9 Å². The fraction of sp³-hybridized carbons (Fsp3) is 0.526. The van der Waals surface area contributed by atoms with E-state index in [1.165, 1.54) is 5.56 Å². The molecule has 0 aliphatic carbocycles. The predicted molar refractivity (Wildman–Crippen MR) is 96.9 cm³/mol. The van der Waals surface area contributed by atoms with Crippen molar-refractivity contribution in [3.8, 4) is 6.07 Å². The molecule has 2 atom stereocenters. The van der Waals surface area contributed by atoms with Crippen molar-refractivity contribution in [3.63, 3.8) is 0 Å². The Bertz CT molecular complexity index is 744. The Morgan fingerprint density at radius 1 is 1.28 bits per heavy atom. The molecule has 0 spiro atoms. The van der Waals surface area contributed by atoms with Crippen LogP contribution in [-0.2, 0) is 12.0 Å². The van der Waals surface area contributed by atoms with Gasteiger partial charge in [0.15, 0.2) is 0 Å². The largest absolute Gasteiger partial charge is 0.303 e. The Kier molecular flexibility index (Phi) is 4.89. The molecule has 0 bridgehead atoms. The van der Waals surface area contributed by atoms with Crippen LogP contribution in [0.5, 0.6) is 0 Å². The molecule has 0 unspecified atom stereocenters. The normalized spacial score (nSPS) is 21.6. The van der Waals surface area contributed by atoms with Gasteiger partial charge in [0, 0.05) is 31.9 Å². The zero-order valence-corrected chi connectivity index (χ0v) is 15.4. The fourth-order valence-corrected chi connectivity index (χ4v) is 3.71. The molecule has 6 heteroatoms. The number of nitrogens with zero attached hydrogens (tertiary/aromatic N) is 6. The van der Waals surface area contributed by atoms with E-state index in [9.17, 15) is 5.26 Å². The summed E-state index contributed by atoms with van der Waals surface area (Å²) in [5, 5.41) is 17.7. The Hall–Kier alpha value is -2.23. The first-order valence-corrected chi connectivity index (χ1v) is 8.66. The van der Waals surface area contributed by atoms with Gasteiger partial charge in [0.2, 0.25) is 0 Å². The van der Waals surface area contributed by atoms with Crippen LogP contribution in [0, 0.1) is 11.3 Å². The molecule has 0 N–H and O–H groups in total. The van der Waals surface area contributed by atoms with Crippen LogP contribution in [-0.4, -0.2) is 58.0 Å². The van der Waals surface area contributed by atoms with Crippen LogP contribution >= 0.6 is 0 Å². The van der Waals surface area contributed by atoms with Crippen molar-refractivity contribution >= 4 is 0 Å². The number of likely N-dealkylation sites (tertiary alicyclic amines) is 1. The number of nitriles is 1. The summed E-state index contributed by atoms with van der Waals surface area (Å²) in [6.45, 7) is 6.70. The van der Waals surface area contributed by atoms with E-state index < -0.39 is 5.41 Å². The average Bonchev–Trinajstić information content (AvgIpc) is 3.24. The minimum absolute atomic E-state index is 0.286. The van der Waals surface area contributed by atoms with E-state index in [-0.39, 0.29) is 6.04 Å². The number of benzene rings is 1. The standard InChI is InChI=1S/C19H26N6/c1-19(2,14-20)16-8-6-5-7-15(16)11-24-12-17(23(3)4)18(13-24)25-10-9-21-22-25/h5-10,17-18H,11-13H2,1-4H3/t17-,18+/m1/s1. The van der Waals surface area contributed by atoms with Gasteiger partial charge in [-0.3, -0.25) is 4.90 Å². The number of hydrogen-bond acceptors (Lipinski definition) is 5. The highest BCUT2D eigenvalue weighted by Gasteiger charge is 2.36. The van der Waals surface area contributed by atoms with Crippen LogP contribution < -0.4 is 0 Å². The quantitative estimate of drug-likeness (QED) is 0.835. The molecular weight excluding hydrogens is 312 g/mol. The molecule has 0 saturated carbocycles. The smallest absolute Gasteiger partial charge is 0.0831 e. The molecule has 2 aromatic rings.